The Balaban J connectivity index is 1.46. The lowest BCUT2D eigenvalue weighted by molar-refractivity contribution is -0.148. The summed E-state index contributed by atoms with van der Waals surface area (Å²) in [6, 6.07) is 9.44. The number of esters is 1. The summed E-state index contributed by atoms with van der Waals surface area (Å²) in [5.74, 6) is -0.597. The summed E-state index contributed by atoms with van der Waals surface area (Å²) in [7, 11) is 0. The number of aromatic nitrogens is 4. The number of rotatable bonds is 6. The minimum absolute atomic E-state index is 0.0384. The van der Waals surface area contributed by atoms with Crippen molar-refractivity contribution in [2.75, 3.05) is 11.9 Å². The fourth-order valence-electron chi connectivity index (χ4n) is 2.38. The first kappa shape index (κ1) is 19.7. The van der Waals surface area contributed by atoms with Crippen LogP contribution in [0.25, 0.3) is 11.4 Å². The van der Waals surface area contributed by atoms with Gasteiger partial charge in [0.05, 0.1) is 0 Å². The molecule has 0 fully saturated rings. The number of carbonyl (C=O) groups is 2. The molecule has 1 N–H and O–H groups in total. The number of hydrogen-bond acceptors (Lipinski definition) is 7. The van der Waals surface area contributed by atoms with E-state index >= 15 is 0 Å². The van der Waals surface area contributed by atoms with Crippen LogP contribution in [-0.2, 0) is 26.3 Å². The zero-order valence-corrected chi connectivity index (χ0v) is 16.7. The van der Waals surface area contributed by atoms with Gasteiger partial charge in [-0.15, -0.1) is 10.2 Å². The highest BCUT2D eigenvalue weighted by Gasteiger charge is 2.14. The summed E-state index contributed by atoms with van der Waals surface area (Å²) in [5.41, 5.74) is 2.68. The normalized spacial score (nSPS) is 11.2. The van der Waals surface area contributed by atoms with Crippen LogP contribution in [0.1, 0.15) is 26.3 Å². The zero-order valence-electron chi connectivity index (χ0n) is 15.9. The van der Waals surface area contributed by atoms with Crippen LogP contribution in [0.4, 0.5) is 5.69 Å². The molecule has 0 atom stereocenters. The van der Waals surface area contributed by atoms with Gasteiger partial charge in [-0.05, 0) is 39.8 Å². The minimum atomic E-state index is -0.618. The van der Waals surface area contributed by atoms with E-state index in [9.17, 15) is 9.59 Å². The molecule has 0 spiro atoms. The lowest BCUT2D eigenvalue weighted by atomic mass is 9.87. The third kappa shape index (κ3) is 5.23. The van der Waals surface area contributed by atoms with Crippen molar-refractivity contribution in [3.63, 3.8) is 0 Å². The molecular formula is C19H21N5O3S. The number of nitrogens with zero attached hydrogens (tertiary/aromatic N) is 4. The second kappa shape index (κ2) is 8.30. The molecule has 2 aromatic heterocycles. The molecule has 0 radical (unpaired) electrons. The molecule has 0 aliphatic rings. The van der Waals surface area contributed by atoms with Gasteiger partial charge >= 0.3 is 5.97 Å². The first-order chi connectivity index (χ1) is 13.3. The molecule has 0 unspecified atom stereocenters. The second-order valence-electron chi connectivity index (χ2n) is 7.19. The average Bonchev–Trinajstić information content (AvgIpc) is 3.31. The number of hydrogen-bond donors (Lipinski definition) is 1. The topological polar surface area (TPSA) is 99.0 Å². The van der Waals surface area contributed by atoms with Crippen molar-refractivity contribution in [2.24, 2.45) is 0 Å². The van der Waals surface area contributed by atoms with Gasteiger partial charge in [0.2, 0.25) is 5.82 Å². The van der Waals surface area contributed by atoms with Gasteiger partial charge in [0, 0.05) is 16.6 Å². The number of ether oxygens (including phenoxy) is 1. The van der Waals surface area contributed by atoms with E-state index in [1.165, 1.54) is 16.9 Å². The maximum Gasteiger partial charge on any atom is 0.330 e. The molecule has 146 valence electrons. The molecule has 1 amide bonds. The highest BCUT2D eigenvalue weighted by Crippen LogP contribution is 2.23. The predicted molar refractivity (Wildman–Crippen MR) is 106 cm³/mol. The lowest BCUT2D eigenvalue weighted by Gasteiger charge is -2.19. The summed E-state index contributed by atoms with van der Waals surface area (Å²) in [6.45, 7) is 5.75. The maximum absolute atomic E-state index is 12.0. The van der Waals surface area contributed by atoms with Gasteiger partial charge in [-0.1, -0.05) is 32.9 Å². The van der Waals surface area contributed by atoms with Crippen LogP contribution < -0.4 is 5.32 Å². The number of benzene rings is 1. The molecule has 0 bridgehead atoms. The van der Waals surface area contributed by atoms with E-state index in [2.05, 4.69) is 41.5 Å². The summed E-state index contributed by atoms with van der Waals surface area (Å²) >= 11 is 1.52. The molecule has 3 rings (SSSR count). The Morgan fingerprint density at radius 3 is 2.57 bits per heavy atom. The standard InChI is InChI=1S/C19H21N5O3S/c1-19(2,3)14-4-6-15(7-5-14)20-16(25)11-27-17(26)10-24-22-18(21-23-24)13-8-9-28-12-13/h4-9,12H,10-11H2,1-3H3,(H,20,25). The number of thiophene rings is 1. The van der Waals surface area contributed by atoms with E-state index in [-0.39, 0.29) is 18.6 Å². The summed E-state index contributed by atoms with van der Waals surface area (Å²) < 4.78 is 4.98. The highest BCUT2D eigenvalue weighted by molar-refractivity contribution is 7.08. The van der Waals surface area contributed by atoms with Crippen LogP contribution in [-0.4, -0.2) is 38.7 Å². The summed E-state index contributed by atoms with van der Waals surface area (Å²) in [6.07, 6.45) is 0. The molecule has 0 saturated carbocycles. The Hall–Kier alpha value is -3.07. The van der Waals surface area contributed by atoms with Gasteiger partial charge in [0.1, 0.15) is 0 Å². The minimum Gasteiger partial charge on any atom is -0.454 e. The molecule has 28 heavy (non-hydrogen) atoms. The number of tetrazole rings is 1. The fourth-order valence-corrected chi connectivity index (χ4v) is 3.01. The molecule has 1 aromatic carbocycles. The van der Waals surface area contributed by atoms with Crippen molar-refractivity contribution in [2.45, 2.75) is 32.7 Å². The van der Waals surface area contributed by atoms with Crippen LogP contribution in [0.3, 0.4) is 0 Å². The smallest absolute Gasteiger partial charge is 0.330 e. The van der Waals surface area contributed by atoms with Crippen molar-refractivity contribution in [1.29, 1.82) is 0 Å². The molecule has 9 heteroatoms. The molecule has 8 nitrogen and oxygen atoms in total. The molecule has 3 aromatic rings. The molecular weight excluding hydrogens is 378 g/mol. The first-order valence-corrected chi connectivity index (χ1v) is 9.62. The van der Waals surface area contributed by atoms with Crippen molar-refractivity contribution < 1.29 is 14.3 Å². The Kier molecular flexibility index (Phi) is 5.84. The van der Waals surface area contributed by atoms with Crippen LogP contribution >= 0.6 is 11.3 Å². The summed E-state index contributed by atoms with van der Waals surface area (Å²) in [4.78, 5) is 25.0. The monoisotopic (exact) mass is 399 g/mol. The molecule has 2 heterocycles. The first-order valence-electron chi connectivity index (χ1n) is 8.68. The summed E-state index contributed by atoms with van der Waals surface area (Å²) in [5, 5.41) is 18.3. The van der Waals surface area contributed by atoms with Gasteiger partial charge in [-0.25, -0.2) is 4.79 Å². The Morgan fingerprint density at radius 1 is 1.18 bits per heavy atom. The van der Waals surface area contributed by atoms with Crippen LogP contribution in [0.2, 0.25) is 0 Å². The number of amides is 1. The lowest BCUT2D eigenvalue weighted by Crippen LogP contribution is -2.23. The molecule has 0 aliphatic carbocycles. The third-order valence-corrected chi connectivity index (χ3v) is 4.58. The fraction of sp³-hybridized carbons (Fsp3) is 0.316. The van der Waals surface area contributed by atoms with E-state index in [4.69, 9.17) is 4.74 Å². The second-order valence-corrected chi connectivity index (χ2v) is 7.97. The van der Waals surface area contributed by atoms with Gasteiger partial charge in [0.15, 0.2) is 13.2 Å². The van der Waals surface area contributed by atoms with E-state index in [0.717, 1.165) is 10.4 Å². The van der Waals surface area contributed by atoms with Crippen LogP contribution in [0.15, 0.2) is 41.1 Å². The third-order valence-electron chi connectivity index (χ3n) is 3.90. The maximum atomic E-state index is 12.0. The average molecular weight is 399 g/mol. The Bertz CT molecular complexity index is 943. The van der Waals surface area contributed by atoms with Gasteiger partial charge < -0.3 is 10.1 Å². The molecule has 0 aliphatic heterocycles. The largest absolute Gasteiger partial charge is 0.454 e. The van der Waals surface area contributed by atoms with Crippen molar-refractivity contribution in [3.05, 3.63) is 46.7 Å². The van der Waals surface area contributed by atoms with Gasteiger partial charge in [0.25, 0.3) is 5.91 Å². The van der Waals surface area contributed by atoms with Crippen molar-refractivity contribution in [1.82, 2.24) is 20.2 Å². The number of anilines is 1. The van der Waals surface area contributed by atoms with Gasteiger partial charge in [-0.3, -0.25) is 4.79 Å². The predicted octanol–water partition coefficient (Wildman–Crippen LogP) is 2.88. The number of nitrogens with one attached hydrogen (secondary N) is 1. The zero-order chi connectivity index (χ0) is 20.1. The van der Waals surface area contributed by atoms with E-state index in [1.807, 2.05) is 41.1 Å². The van der Waals surface area contributed by atoms with Crippen LogP contribution in [0, 0.1) is 0 Å². The van der Waals surface area contributed by atoms with Crippen molar-refractivity contribution >= 4 is 28.9 Å². The number of carbonyl (C=O) groups excluding carboxylic acids is 2. The van der Waals surface area contributed by atoms with Crippen molar-refractivity contribution in [3.8, 4) is 11.4 Å². The quantitative estimate of drug-likeness (QED) is 0.640. The Morgan fingerprint density at radius 2 is 1.93 bits per heavy atom. The van der Waals surface area contributed by atoms with E-state index < -0.39 is 11.9 Å². The Labute approximate surface area is 166 Å². The van der Waals surface area contributed by atoms with E-state index in [1.54, 1.807) is 0 Å². The van der Waals surface area contributed by atoms with Crippen LogP contribution in [0.5, 0.6) is 0 Å². The highest BCUT2D eigenvalue weighted by atomic mass is 32.1. The van der Waals surface area contributed by atoms with Gasteiger partial charge in [-0.2, -0.15) is 16.1 Å². The molecule has 0 saturated heterocycles. The SMILES string of the molecule is CC(C)(C)c1ccc(NC(=O)COC(=O)Cn2nnc(-c3ccsc3)n2)cc1. The van der Waals surface area contributed by atoms with E-state index in [0.29, 0.717) is 11.5 Å².